The normalized spacial score (nSPS) is 10.6. The molecule has 7 nitrogen and oxygen atoms in total. The van der Waals surface area contributed by atoms with E-state index in [0.29, 0.717) is 28.3 Å². The highest BCUT2D eigenvalue weighted by atomic mass is 16.5. The molecule has 0 bridgehead atoms. The van der Waals surface area contributed by atoms with Gasteiger partial charge in [0, 0.05) is 12.3 Å². The van der Waals surface area contributed by atoms with Crippen LogP contribution < -0.4 is 19.8 Å². The van der Waals surface area contributed by atoms with Crippen molar-refractivity contribution < 1.29 is 18.7 Å². The summed E-state index contributed by atoms with van der Waals surface area (Å²) < 4.78 is 16.4. The molecule has 0 aliphatic rings. The molecular formula is C24H20N2O5. The first-order valence-electron chi connectivity index (χ1n) is 9.57. The number of para-hydroxylation sites is 1. The molecule has 0 aliphatic heterocycles. The van der Waals surface area contributed by atoms with E-state index in [1.165, 1.54) is 11.0 Å². The highest BCUT2D eigenvalue weighted by Gasteiger charge is 2.23. The lowest BCUT2D eigenvalue weighted by Gasteiger charge is -2.22. The fourth-order valence-corrected chi connectivity index (χ4v) is 3.27. The van der Waals surface area contributed by atoms with Gasteiger partial charge in [-0.05, 0) is 42.0 Å². The predicted molar refractivity (Wildman–Crippen MR) is 117 cm³/mol. The molecular weight excluding hydrogens is 396 g/mol. The summed E-state index contributed by atoms with van der Waals surface area (Å²) in [7, 11) is 3.11. The SMILES string of the molecule is COc1ccc(CN(C(=O)c2cc(=O)c3ccccc3o2)c2ccccn2)cc1OC. The van der Waals surface area contributed by atoms with Gasteiger partial charge in [0.15, 0.2) is 22.7 Å². The third-order valence-electron chi connectivity index (χ3n) is 4.81. The molecule has 2 aromatic heterocycles. The number of anilines is 1. The number of methoxy groups -OCH3 is 2. The molecule has 31 heavy (non-hydrogen) atoms. The molecule has 1 amide bonds. The summed E-state index contributed by atoms with van der Waals surface area (Å²) in [4.78, 5) is 31.7. The van der Waals surface area contributed by atoms with E-state index in [4.69, 9.17) is 13.9 Å². The highest BCUT2D eigenvalue weighted by Crippen LogP contribution is 2.29. The number of pyridine rings is 1. The van der Waals surface area contributed by atoms with Gasteiger partial charge in [0.1, 0.15) is 11.4 Å². The summed E-state index contributed by atoms with van der Waals surface area (Å²) in [5.41, 5.74) is 0.863. The largest absolute Gasteiger partial charge is 0.493 e. The Balaban J connectivity index is 1.76. The summed E-state index contributed by atoms with van der Waals surface area (Å²) in [6.07, 6.45) is 1.60. The Morgan fingerprint density at radius 1 is 0.968 bits per heavy atom. The molecule has 2 heterocycles. The molecule has 0 spiro atoms. The Hall–Kier alpha value is -4.13. The van der Waals surface area contributed by atoms with Crippen LogP contribution in [0.15, 0.2) is 82.1 Å². The summed E-state index contributed by atoms with van der Waals surface area (Å²) in [6.45, 7) is 0.187. The van der Waals surface area contributed by atoms with Crippen molar-refractivity contribution in [2.24, 2.45) is 0 Å². The van der Waals surface area contributed by atoms with E-state index < -0.39 is 5.91 Å². The second kappa shape index (κ2) is 8.71. The van der Waals surface area contributed by atoms with E-state index in [1.807, 2.05) is 6.07 Å². The van der Waals surface area contributed by atoms with Crippen molar-refractivity contribution in [3.8, 4) is 11.5 Å². The van der Waals surface area contributed by atoms with Gasteiger partial charge in [0.25, 0.3) is 5.91 Å². The van der Waals surface area contributed by atoms with Crippen LogP contribution in [0.25, 0.3) is 11.0 Å². The molecule has 2 aromatic carbocycles. The highest BCUT2D eigenvalue weighted by molar-refractivity contribution is 6.04. The molecule has 0 aliphatic carbocycles. The number of fused-ring (bicyclic) bond motifs is 1. The molecule has 0 atom stereocenters. The van der Waals surface area contributed by atoms with Crippen LogP contribution in [0.1, 0.15) is 16.1 Å². The van der Waals surface area contributed by atoms with Crippen molar-refractivity contribution in [1.82, 2.24) is 4.98 Å². The van der Waals surface area contributed by atoms with Crippen LogP contribution in [0, 0.1) is 0 Å². The number of aromatic nitrogens is 1. The molecule has 4 rings (SSSR count). The van der Waals surface area contributed by atoms with Crippen molar-refractivity contribution in [2.45, 2.75) is 6.54 Å². The topological polar surface area (TPSA) is 81.9 Å². The molecule has 0 fully saturated rings. The van der Waals surface area contributed by atoms with E-state index in [9.17, 15) is 9.59 Å². The zero-order chi connectivity index (χ0) is 21.8. The van der Waals surface area contributed by atoms with Crippen molar-refractivity contribution in [3.05, 3.63) is 94.5 Å². The number of ether oxygens (including phenoxy) is 2. The molecule has 0 N–H and O–H groups in total. The molecule has 7 heteroatoms. The molecule has 156 valence electrons. The maximum Gasteiger partial charge on any atom is 0.295 e. The van der Waals surface area contributed by atoms with Crippen molar-refractivity contribution in [2.75, 3.05) is 19.1 Å². The van der Waals surface area contributed by atoms with Crippen molar-refractivity contribution in [1.29, 1.82) is 0 Å². The number of hydrogen-bond donors (Lipinski definition) is 0. The first-order chi connectivity index (χ1) is 15.1. The third-order valence-corrected chi connectivity index (χ3v) is 4.81. The van der Waals surface area contributed by atoms with Crippen LogP contribution in [-0.2, 0) is 6.54 Å². The van der Waals surface area contributed by atoms with E-state index in [1.54, 1.807) is 75.0 Å². The van der Waals surface area contributed by atoms with Gasteiger partial charge in [0.2, 0.25) is 0 Å². The number of benzene rings is 2. The fourth-order valence-electron chi connectivity index (χ4n) is 3.27. The average molecular weight is 416 g/mol. The predicted octanol–water partition coefficient (Wildman–Crippen LogP) is 4.05. The molecule has 0 radical (unpaired) electrons. The lowest BCUT2D eigenvalue weighted by Crippen LogP contribution is -2.31. The summed E-state index contributed by atoms with van der Waals surface area (Å²) in [6, 6.07) is 18.7. The van der Waals surface area contributed by atoms with Gasteiger partial charge in [0.05, 0.1) is 26.2 Å². The van der Waals surface area contributed by atoms with Crippen LogP contribution in [0.5, 0.6) is 11.5 Å². The van der Waals surface area contributed by atoms with Gasteiger partial charge in [-0.3, -0.25) is 14.5 Å². The molecule has 0 unspecified atom stereocenters. The maximum atomic E-state index is 13.4. The fraction of sp³-hybridized carbons (Fsp3) is 0.125. The second-order valence-electron chi connectivity index (χ2n) is 6.74. The minimum Gasteiger partial charge on any atom is -0.493 e. The number of carbonyl (C=O) groups is 1. The van der Waals surface area contributed by atoms with Gasteiger partial charge < -0.3 is 13.9 Å². The van der Waals surface area contributed by atoms with Gasteiger partial charge in [-0.25, -0.2) is 4.98 Å². The minimum atomic E-state index is -0.476. The quantitative estimate of drug-likeness (QED) is 0.472. The van der Waals surface area contributed by atoms with E-state index in [-0.39, 0.29) is 17.7 Å². The number of hydrogen-bond acceptors (Lipinski definition) is 6. The Labute approximate surface area is 178 Å². The second-order valence-corrected chi connectivity index (χ2v) is 6.74. The van der Waals surface area contributed by atoms with Gasteiger partial charge >= 0.3 is 0 Å². The van der Waals surface area contributed by atoms with Crippen LogP contribution >= 0.6 is 0 Å². The Kier molecular flexibility index (Phi) is 5.66. The smallest absolute Gasteiger partial charge is 0.295 e. The van der Waals surface area contributed by atoms with Crippen molar-refractivity contribution in [3.63, 3.8) is 0 Å². The minimum absolute atomic E-state index is 0.0603. The van der Waals surface area contributed by atoms with Gasteiger partial charge in [-0.2, -0.15) is 0 Å². The average Bonchev–Trinajstić information content (AvgIpc) is 2.82. The zero-order valence-corrected chi connectivity index (χ0v) is 17.1. The maximum absolute atomic E-state index is 13.4. The molecule has 4 aromatic rings. The van der Waals surface area contributed by atoms with Crippen LogP contribution in [-0.4, -0.2) is 25.1 Å². The third kappa shape index (κ3) is 4.11. The summed E-state index contributed by atoms with van der Waals surface area (Å²) >= 11 is 0. The Bertz CT molecular complexity index is 1280. The van der Waals surface area contributed by atoms with Crippen LogP contribution in [0.3, 0.4) is 0 Å². The van der Waals surface area contributed by atoms with E-state index in [0.717, 1.165) is 5.56 Å². The van der Waals surface area contributed by atoms with Gasteiger partial charge in [-0.1, -0.05) is 24.3 Å². The monoisotopic (exact) mass is 416 g/mol. The first kappa shape index (κ1) is 20.2. The number of amides is 1. The summed E-state index contributed by atoms with van der Waals surface area (Å²) in [5, 5.41) is 0.420. The van der Waals surface area contributed by atoms with Gasteiger partial charge in [-0.15, -0.1) is 0 Å². The molecule has 0 saturated carbocycles. The van der Waals surface area contributed by atoms with E-state index in [2.05, 4.69) is 4.98 Å². The number of carbonyl (C=O) groups excluding carboxylic acids is 1. The zero-order valence-electron chi connectivity index (χ0n) is 17.1. The first-order valence-corrected chi connectivity index (χ1v) is 9.57. The Morgan fingerprint density at radius 2 is 1.74 bits per heavy atom. The lowest BCUT2D eigenvalue weighted by atomic mass is 10.1. The van der Waals surface area contributed by atoms with E-state index >= 15 is 0 Å². The molecule has 0 saturated heterocycles. The summed E-state index contributed by atoms with van der Waals surface area (Å²) in [5.74, 6) is 1.03. The Morgan fingerprint density at radius 3 is 2.48 bits per heavy atom. The number of rotatable bonds is 6. The standard InChI is InChI=1S/C24H20N2O5/c1-29-20-11-10-16(13-21(20)30-2)15-26(23-9-5-6-12-25-23)24(28)22-14-18(27)17-7-3-4-8-19(17)31-22/h3-14H,15H2,1-2H3. The van der Waals surface area contributed by atoms with Crippen molar-refractivity contribution >= 4 is 22.7 Å². The lowest BCUT2D eigenvalue weighted by molar-refractivity contribution is 0.0958. The van der Waals surface area contributed by atoms with Crippen LogP contribution in [0.2, 0.25) is 0 Å². The number of nitrogens with zero attached hydrogens (tertiary/aromatic N) is 2. The van der Waals surface area contributed by atoms with Crippen LogP contribution in [0.4, 0.5) is 5.82 Å².